The summed E-state index contributed by atoms with van der Waals surface area (Å²) in [6.07, 6.45) is -1.87. The summed E-state index contributed by atoms with van der Waals surface area (Å²) in [5, 5.41) is 0. The van der Waals surface area contributed by atoms with E-state index in [9.17, 15) is 22.0 Å². The van der Waals surface area contributed by atoms with Crippen LogP contribution >= 0.6 is 0 Å². The van der Waals surface area contributed by atoms with Crippen molar-refractivity contribution >= 4 is 0 Å². The maximum Gasteiger partial charge on any atom is 0.418 e. The first kappa shape index (κ1) is 14.8. The number of hydrogen-bond donors (Lipinski definition) is 0. The van der Waals surface area contributed by atoms with E-state index in [0.717, 1.165) is 11.6 Å². The highest BCUT2D eigenvalue weighted by Crippen LogP contribution is 2.47. The summed E-state index contributed by atoms with van der Waals surface area (Å²) >= 11 is 0. The molecule has 3 aliphatic rings. The van der Waals surface area contributed by atoms with Crippen molar-refractivity contribution < 1.29 is 22.0 Å². The Labute approximate surface area is 124 Å². The maximum atomic E-state index is 14.6. The number of rotatable bonds is 0. The number of nitrogens with zero attached hydrogens (tertiary/aromatic N) is 1. The minimum atomic E-state index is -5.06. The van der Waals surface area contributed by atoms with Crippen LogP contribution in [0.4, 0.5) is 22.0 Å². The van der Waals surface area contributed by atoms with Gasteiger partial charge >= 0.3 is 6.18 Å². The predicted molar refractivity (Wildman–Crippen MR) is 72.9 cm³/mol. The molecule has 0 amide bonds. The van der Waals surface area contributed by atoms with Gasteiger partial charge in [-0.2, -0.15) is 13.2 Å². The summed E-state index contributed by atoms with van der Waals surface area (Å²) in [6.45, 7) is 5.77. The largest absolute Gasteiger partial charge is 0.418 e. The van der Waals surface area contributed by atoms with Crippen LogP contribution in [0.25, 0.3) is 0 Å². The molecular formula is C16H12F5N. The van der Waals surface area contributed by atoms with Gasteiger partial charge in [0.1, 0.15) is 11.4 Å². The van der Waals surface area contributed by atoms with Crippen molar-refractivity contribution in [1.29, 1.82) is 0 Å². The lowest BCUT2D eigenvalue weighted by Crippen LogP contribution is -2.35. The van der Waals surface area contributed by atoms with Crippen molar-refractivity contribution in [1.82, 2.24) is 4.90 Å². The molecule has 2 heterocycles. The molecule has 1 unspecified atom stereocenters. The van der Waals surface area contributed by atoms with Gasteiger partial charge in [0, 0.05) is 24.0 Å². The Morgan fingerprint density at radius 1 is 1.27 bits per heavy atom. The van der Waals surface area contributed by atoms with Crippen LogP contribution in [0.15, 0.2) is 70.4 Å². The molecule has 1 aliphatic carbocycles. The lowest BCUT2D eigenvalue weighted by Gasteiger charge is -2.38. The molecule has 22 heavy (non-hydrogen) atoms. The molecule has 0 aromatic heterocycles. The second-order valence-electron chi connectivity index (χ2n) is 5.41. The standard InChI is InChI=1S/C16H12F5N/c1-8-3-4-22-7-9(2)10-6-11(17)14(16(19,20)21)15(18)13(10)12(22)5-8/h3-6,15H,2,7H2,1H3. The number of fused-ring (bicyclic) bond motifs is 2. The second-order valence-corrected chi connectivity index (χ2v) is 5.41. The molecule has 0 fully saturated rings. The van der Waals surface area contributed by atoms with Crippen LogP contribution < -0.4 is 0 Å². The molecule has 2 aliphatic heterocycles. The third-order valence-corrected chi connectivity index (χ3v) is 3.84. The van der Waals surface area contributed by atoms with Gasteiger partial charge in [-0.3, -0.25) is 0 Å². The van der Waals surface area contributed by atoms with E-state index in [1.54, 1.807) is 30.2 Å². The Balaban J connectivity index is 2.26. The fourth-order valence-electron chi connectivity index (χ4n) is 2.82. The fourth-order valence-corrected chi connectivity index (χ4v) is 2.82. The summed E-state index contributed by atoms with van der Waals surface area (Å²) in [5.41, 5.74) is -0.358. The molecule has 0 saturated heterocycles. The lowest BCUT2D eigenvalue weighted by molar-refractivity contribution is -0.101. The lowest BCUT2D eigenvalue weighted by atomic mass is 9.81. The van der Waals surface area contributed by atoms with Gasteiger partial charge in [-0.15, -0.1) is 0 Å². The average molecular weight is 313 g/mol. The van der Waals surface area contributed by atoms with Gasteiger partial charge in [0.05, 0.1) is 0 Å². The van der Waals surface area contributed by atoms with Crippen LogP contribution in [0, 0.1) is 0 Å². The molecule has 6 heteroatoms. The number of hydrogen-bond acceptors (Lipinski definition) is 1. The van der Waals surface area contributed by atoms with Gasteiger partial charge in [-0.1, -0.05) is 6.58 Å². The average Bonchev–Trinajstić information content (AvgIpc) is 2.38. The van der Waals surface area contributed by atoms with Crippen molar-refractivity contribution in [2.24, 2.45) is 0 Å². The normalized spacial score (nSPS) is 25.1. The van der Waals surface area contributed by atoms with Crippen LogP contribution in [0.2, 0.25) is 0 Å². The summed E-state index contributed by atoms with van der Waals surface area (Å²) < 4.78 is 67.2. The highest BCUT2D eigenvalue weighted by Gasteiger charge is 2.48. The second kappa shape index (κ2) is 4.69. The zero-order valence-electron chi connectivity index (χ0n) is 11.6. The van der Waals surface area contributed by atoms with E-state index in [4.69, 9.17) is 0 Å². The van der Waals surface area contributed by atoms with Crippen molar-refractivity contribution in [2.75, 3.05) is 6.54 Å². The Hall–Kier alpha value is -2.11. The van der Waals surface area contributed by atoms with E-state index in [1.165, 1.54) is 0 Å². The molecule has 0 aromatic carbocycles. The van der Waals surface area contributed by atoms with Gasteiger partial charge in [-0.05, 0) is 41.9 Å². The number of halogens is 5. The van der Waals surface area contributed by atoms with Crippen molar-refractivity contribution in [2.45, 2.75) is 19.3 Å². The highest BCUT2D eigenvalue weighted by molar-refractivity contribution is 5.64. The summed E-state index contributed by atoms with van der Waals surface area (Å²) in [5.74, 6) is -1.58. The molecule has 116 valence electrons. The first-order valence-electron chi connectivity index (χ1n) is 6.58. The Morgan fingerprint density at radius 3 is 2.59 bits per heavy atom. The van der Waals surface area contributed by atoms with E-state index >= 15 is 0 Å². The number of alkyl halides is 4. The smallest absolute Gasteiger partial charge is 0.343 e. The van der Waals surface area contributed by atoms with Gasteiger partial charge < -0.3 is 4.90 Å². The quantitative estimate of drug-likeness (QED) is 0.588. The third kappa shape index (κ3) is 2.14. The molecule has 0 aromatic rings. The van der Waals surface area contributed by atoms with Crippen LogP contribution in [0.1, 0.15) is 6.92 Å². The molecule has 0 saturated carbocycles. The molecule has 0 bridgehead atoms. The molecule has 3 rings (SSSR count). The first-order chi connectivity index (χ1) is 10.2. The van der Waals surface area contributed by atoms with Crippen molar-refractivity contribution in [3.05, 3.63) is 70.4 Å². The molecule has 0 spiro atoms. The summed E-state index contributed by atoms with van der Waals surface area (Å²) in [6, 6.07) is 0. The summed E-state index contributed by atoms with van der Waals surface area (Å²) in [4.78, 5) is 1.62. The topological polar surface area (TPSA) is 3.24 Å². The minimum absolute atomic E-state index is 0.114. The van der Waals surface area contributed by atoms with E-state index in [2.05, 4.69) is 6.58 Å². The maximum absolute atomic E-state index is 14.6. The van der Waals surface area contributed by atoms with E-state index in [1.807, 2.05) is 0 Å². The Morgan fingerprint density at radius 2 is 1.95 bits per heavy atom. The zero-order valence-corrected chi connectivity index (χ0v) is 11.6. The van der Waals surface area contributed by atoms with Gasteiger partial charge in [0.15, 0.2) is 6.17 Å². The van der Waals surface area contributed by atoms with Crippen LogP contribution in [-0.2, 0) is 0 Å². The zero-order chi connectivity index (χ0) is 16.2. The van der Waals surface area contributed by atoms with E-state index < -0.39 is 23.7 Å². The molecule has 0 N–H and O–H groups in total. The van der Waals surface area contributed by atoms with Crippen LogP contribution in [0.3, 0.4) is 0 Å². The van der Waals surface area contributed by atoms with Crippen LogP contribution in [-0.4, -0.2) is 23.8 Å². The molecule has 1 nitrogen and oxygen atoms in total. The Kier molecular flexibility index (Phi) is 3.16. The Bertz CT molecular complexity index is 715. The van der Waals surface area contributed by atoms with Crippen LogP contribution in [0.5, 0.6) is 0 Å². The van der Waals surface area contributed by atoms with Crippen molar-refractivity contribution in [3.63, 3.8) is 0 Å². The van der Waals surface area contributed by atoms with E-state index in [-0.39, 0.29) is 17.7 Å². The third-order valence-electron chi connectivity index (χ3n) is 3.84. The number of allylic oxidation sites excluding steroid dienone is 7. The predicted octanol–water partition coefficient (Wildman–Crippen LogP) is 4.65. The van der Waals surface area contributed by atoms with E-state index in [0.29, 0.717) is 11.3 Å². The summed E-state index contributed by atoms with van der Waals surface area (Å²) in [7, 11) is 0. The molecule has 0 radical (unpaired) electrons. The monoisotopic (exact) mass is 313 g/mol. The molecule has 1 atom stereocenters. The fraction of sp³-hybridized carbons (Fsp3) is 0.250. The SMILES string of the molecule is C=C1CN2C=CC(C)=CC2=C2C1=CC(F)=C(C(F)(F)F)C2F. The highest BCUT2D eigenvalue weighted by atomic mass is 19.4. The first-order valence-corrected chi connectivity index (χ1v) is 6.58. The van der Waals surface area contributed by atoms with Gasteiger partial charge in [0.2, 0.25) is 0 Å². The van der Waals surface area contributed by atoms with Gasteiger partial charge in [-0.25, -0.2) is 8.78 Å². The van der Waals surface area contributed by atoms with Gasteiger partial charge in [0.25, 0.3) is 0 Å². The minimum Gasteiger partial charge on any atom is -0.343 e. The molecular weight excluding hydrogens is 301 g/mol. The van der Waals surface area contributed by atoms with Crippen molar-refractivity contribution in [3.8, 4) is 0 Å².